The van der Waals surface area contributed by atoms with Crippen LogP contribution in [-0.2, 0) is 4.79 Å². The Hall–Kier alpha value is -1.42. The molecule has 0 aliphatic carbocycles. The highest BCUT2D eigenvalue weighted by Crippen LogP contribution is 2.08. The fraction of sp³-hybridized carbons (Fsp3) is 0.579. The summed E-state index contributed by atoms with van der Waals surface area (Å²) in [5, 5.41) is 8.91. The third-order valence-corrected chi connectivity index (χ3v) is 4.14. The first-order chi connectivity index (χ1) is 12.5. The molecule has 0 fully saturated rings. The van der Waals surface area contributed by atoms with Crippen LogP contribution in [0.15, 0.2) is 29.3 Å². The number of nitrogens with one attached hydrogen (secondary N) is 3. The molecule has 0 aromatic heterocycles. The minimum atomic E-state index is -0.383. The maximum Gasteiger partial charge on any atom is 0.243 e. The lowest BCUT2D eigenvalue weighted by atomic mass is 10.2. The zero-order valence-corrected chi connectivity index (χ0v) is 19.0. The highest BCUT2D eigenvalue weighted by molar-refractivity contribution is 14.0. The summed E-state index contributed by atoms with van der Waals surface area (Å²) in [7, 11) is 1.67. The number of hydrogen-bond donors (Lipinski definition) is 3. The maximum absolute atomic E-state index is 13.1. The van der Waals surface area contributed by atoms with Crippen molar-refractivity contribution in [3.8, 4) is 0 Å². The second-order valence-corrected chi connectivity index (χ2v) is 6.20. The molecule has 0 aliphatic heterocycles. The molecule has 1 aromatic rings. The van der Waals surface area contributed by atoms with Crippen molar-refractivity contribution >= 4 is 41.5 Å². The largest absolute Gasteiger partial charge is 0.354 e. The Morgan fingerprint density at radius 1 is 1.30 bits per heavy atom. The van der Waals surface area contributed by atoms with Crippen molar-refractivity contribution in [3.05, 3.63) is 30.1 Å². The van der Waals surface area contributed by atoms with Crippen LogP contribution in [0.5, 0.6) is 0 Å². The van der Waals surface area contributed by atoms with Crippen molar-refractivity contribution in [2.75, 3.05) is 38.5 Å². The van der Waals surface area contributed by atoms with Crippen LogP contribution in [-0.4, -0.2) is 56.0 Å². The molecule has 1 unspecified atom stereocenters. The molecule has 0 spiro atoms. The molecule has 0 saturated heterocycles. The molecular formula is C19H33FIN5O. The third-order valence-electron chi connectivity index (χ3n) is 4.14. The van der Waals surface area contributed by atoms with Crippen LogP contribution in [0.25, 0.3) is 0 Å². The van der Waals surface area contributed by atoms with Crippen LogP contribution in [0, 0.1) is 5.82 Å². The molecule has 0 saturated carbocycles. The van der Waals surface area contributed by atoms with Crippen LogP contribution in [0.2, 0.25) is 0 Å². The lowest BCUT2D eigenvalue weighted by molar-refractivity contribution is -0.115. The Labute approximate surface area is 179 Å². The van der Waals surface area contributed by atoms with Gasteiger partial charge < -0.3 is 20.9 Å². The molecule has 8 heteroatoms. The average Bonchev–Trinajstić information content (AvgIpc) is 2.62. The number of nitrogens with zero attached hydrogens (tertiary/aromatic N) is 2. The van der Waals surface area contributed by atoms with E-state index in [2.05, 4.69) is 46.6 Å². The molecule has 1 amide bonds. The summed E-state index contributed by atoms with van der Waals surface area (Å²) < 4.78 is 13.1. The normalized spacial score (nSPS) is 12.3. The highest BCUT2D eigenvalue weighted by atomic mass is 127. The molecule has 0 radical (unpaired) electrons. The Morgan fingerprint density at radius 3 is 2.59 bits per heavy atom. The van der Waals surface area contributed by atoms with E-state index in [9.17, 15) is 9.18 Å². The topological polar surface area (TPSA) is 68.8 Å². The molecule has 1 atom stereocenters. The molecule has 1 rings (SSSR count). The van der Waals surface area contributed by atoms with Gasteiger partial charge >= 0.3 is 0 Å². The molecule has 1 aromatic carbocycles. The van der Waals surface area contributed by atoms with Gasteiger partial charge in [0.1, 0.15) is 5.82 Å². The zero-order chi connectivity index (χ0) is 19.4. The lowest BCUT2D eigenvalue weighted by Crippen LogP contribution is -2.45. The van der Waals surface area contributed by atoms with Crippen molar-refractivity contribution in [2.45, 2.75) is 39.7 Å². The van der Waals surface area contributed by atoms with Crippen LogP contribution in [0.1, 0.15) is 33.6 Å². The molecular weight excluding hydrogens is 460 g/mol. The van der Waals surface area contributed by atoms with Crippen LogP contribution < -0.4 is 16.0 Å². The summed E-state index contributed by atoms with van der Waals surface area (Å²) in [4.78, 5) is 18.5. The van der Waals surface area contributed by atoms with Crippen molar-refractivity contribution < 1.29 is 9.18 Å². The van der Waals surface area contributed by atoms with E-state index >= 15 is 0 Å². The number of aliphatic imine (C=N–C) groups is 1. The van der Waals surface area contributed by atoms with E-state index in [1.54, 1.807) is 19.2 Å². The summed E-state index contributed by atoms with van der Waals surface area (Å²) in [6.07, 6.45) is 2.12. The summed E-state index contributed by atoms with van der Waals surface area (Å²) in [6, 6.07) is 6.07. The van der Waals surface area contributed by atoms with Crippen LogP contribution in [0.4, 0.5) is 10.1 Å². The molecule has 27 heavy (non-hydrogen) atoms. The predicted molar refractivity (Wildman–Crippen MR) is 121 cm³/mol. The number of hydrogen-bond acceptors (Lipinski definition) is 3. The number of anilines is 1. The van der Waals surface area contributed by atoms with E-state index in [4.69, 9.17) is 0 Å². The van der Waals surface area contributed by atoms with Gasteiger partial charge in [0.15, 0.2) is 5.96 Å². The fourth-order valence-corrected chi connectivity index (χ4v) is 2.60. The second kappa shape index (κ2) is 14.6. The van der Waals surface area contributed by atoms with Crippen molar-refractivity contribution in [1.29, 1.82) is 0 Å². The Morgan fingerprint density at radius 2 is 2.00 bits per heavy atom. The van der Waals surface area contributed by atoms with Gasteiger partial charge in [0.2, 0.25) is 5.91 Å². The minimum Gasteiger partial charge on any atom is -0.354 e. The lowest BCUT2D eigenvalue weighted by Gasteiger charge is -2.21. The molecule has 154 valence electrons. The Balaban J connectivity index is 0.00000676. The smallest absolute Gasteiger partial charge is 0.243 e. The van der Waals surface area contributed by atoms with Crippen LogP contribution in [0.3, 0.4) is 0 Å². The van der Waals surface area contributed by atoms with Gasteiger partial charge in [0.05, 0.1) is 6.54 Å². The molecule has 0 bridgehead atoms. The first-order valence-electron chi connectivity index (χ1n) is 9.23. The van der Waals surface area contributed by atoms with E-state index in [0.717, 1.165) is 32.5 Å². The van der Waals surface area contributed by atoms with Crippen LogP contribution >= 0.6 is 24.0 Å². The molecule has 0 heterocycles. The Kier molecular flexibility index (Phi) is 13.8. The van der Waals surface area contributed by atoms with Gasteiger partial charge in [0.25, 0.3) is 0 Å². The van der Waals surface area contributed by atoms with Crippen molar-refractivity contribution in [3.63, 3.8) is 0 Å². The number of carbonyl (C=O) groups is 1. The van der Waals surface area contributed by atoms with Gasteiger partial charge in [-0.2, -0.15) is 0 Å². The van der Waals surface area contributed by atoms with E-state index in [0.29, 0.717) is 11.6 Å². The fourth-order valence-electron chi connectivity index (χ4n) is 2.60. The van der Waals surface area contributed by atoms with Gasteiger partial charge in [-0.15, -0.1) is 24.0 Å². The number of rotatable bonds is 10. The highest BCUT2D eigenvalue weighted by Gasteiger charge is 2.08. The first-order valence-corrected chi connectivity index (χ1v) is 9.23. The maximum atomic E-state index is 13.1. The molecule has 0 aliphatic rings. The number of halogens is 2. The van der Waals surface area contributed by atoms with Gasteiger partial charge in [-0.05, 0) is 57.6 Å². The summed E-state index contributed by atoms with van der Waals surface area (Å²) in [5.74, 6) is -0.0609. The van der Waals surface area contributed by atoms with Gasteiger partial charge in [-0.25, -0.2) is 4.39 Å². The number of carbonyl (C=O) groups excluding carboxylic acids is 1. The van der Waals surface area contributed by atoms with Crippen molar-refractivity contribution in [1.82, 2.24) is 15.5 Å². The van der Waals surface area contributed by atoms with E-state index in [1.165, 1.54) is 12.1 Å². The second-order valence-electron chi connectivity index (χ2n) is 6.20. The predicted octanol–water partition coefficient (Wildman–Crippen LogP) is 3.06. The number of benzene rings is 1. The van der Waals surface area contributed by atoms with Gasteiger partial charge in [0, 0.05) is 18.8 Å². The summed E-state index contributed by atoms with van der Waals surface area (Å²) >= 11 is 0. The third kappa shape index (κ3) is 11.1. The van der Waals surface area contributed by atoms with E-state index in [-0.39, 0.29) is 48.3 Å². The average molecular weight is 493 g/mol. The van der Waals surface area contributed by atoms with E-state index < -0.39 is 0 Å². The standard InChI is InChI=1S/C19H32FN5O.HI/c1-5-25(6-2)12-8-9-15(3)23-19(21-4)22-14-18(26)24-17-11-7-10-16(20)13-17;/h7,10-11,13,15H,5-6,8-9,12,14H2,1-4H3,(H,24,26)(H2,21,22,23);1H. The molecule has 3 N–H and O–H groups in total. The monoisotopic (exact) mass is 493 g/mol. The van der Waals surface area contributed by atoms with Crippen molar-refractivity contribution in [2.24, 2.45) is 4.99 Å². The minimum absolute atomic E-state index is 0. The van der Waals surface area contributed by atoms with Gasteiger partial charge in [-0.3, -0.25) is 9.79 Å². The first kappa shape index (κ1) is 25.6. The Bertz CT molecular complexity index is 581. The number of guanidine groups is 1. The number of amides is 1. The summed E-state index contributed by atoms with van der Waals surface area (Å²) in [5.41, 5.74) is 0.435. The van der Waals surface area contributed by atoms with E-state index in [1.807, 2.05) is 0 Å². The summed E-state index contributed by atoms with van der Waals surface area (Å²) in [6.45, 7) is 9.73. The van der Waals surface area contributed by atoms with Gasteiger partial charge in [-0.1, -0.05) is 19.9 Å². The molecule has 6 nitrogen and oxygen atoms in total. The SMILES string of the molecule is CCN(CC)CCCC(C)NC(=NC)NCC(=O)Nc1cccc(F)c1.I. The quantitative estimate of drug-likeness (QED) is 0.266. The zero-order valence-electron chi connectivity index (χ0n) is 16.7.